The van der Waals surface area contributed by atoms with Crippen LogP contribution >= 0.6 is 23.2 Å². The number of aromatic nitrogens is 1. The molecule has 6 heteroatoms. The molecule has 0 spiro atoms. The van der Waals surface area contributed by atoms with Gasteiger partial charge in [0.2, 0.25) is 0 Å². The summed E-state index contributed by atoms with van der Waals surface area (Å²) in [5.41, 5.74) is 2.73. The number of hydrogen-bond donors (Lipinski definition) is 1. The topological polar surface area (TPSA) is 39.3 Å². The highest BCUT2D eigenvalue weighted by Crippen LogP contribution is 2.39. The number of rotatable bonds is 3. The smallest absolute Gasteiger partial charge is 0.270 e. The lowest BCUT2D eigenvalue weighted by Gasteiger charge is -2.38. The first-order valence-electron chi connectivity index (χ1n) is 9.60. The van der Waals surface area contributed by atoms with Crippen LogP contribution in [0.15, 0.2) is 48.5 Å². The molecule has 28 heavy (non-hydrogen) atoms. The molecule has 1 aromatic heterocycles. The number of carbonyl (C=O) groups is 1. The van der Waals surface area contributed by atoms with Gasteiger partial charge in [-0.05, 0) is 49.2 Å². The summed E-state index contributed by atoms with van der Waals surface area (Å²) >= 11 is 12.5. The van der Waals surface area contributed by atoms with Crippen LogP contribution in [0.25, 0.3) is 10.9 Å². The maximum atomic E-state index is 13.1. The number of piperazine rings is 1. The van der Waals surface area contributed by atoms with E-state index in [1.807, 2.05) is 47.4 Å². The summed E-state index contributed by atoms with van der Waals surface area (Å²) < 4.78 is 0. The fourth-order valence-electron chi connectivity index (χ4n) is 4.79. The van der Waals surface area contributed by atoms with Crippen molar-refractivity contribution < 1.29 is 4.79 Å². The van der Waals surface area contributed by atoms with Crippen molar-refractivity contribution in [2.75, 3.05) is 13.1 Å². The molecule has 5 rings (SSSR count). The van der Waals surface area contributed by atoms with E-state index in [-0.39, 0.29) is 18.0 Å². The highest BCUT2D eigenvalue weighted by Gasteiger charge is 2.47. The average Bonchev–Trinajstić information content (AvgIpc) is 3.40. The number of aromatic amines is 1. The van der Waals surface area contributed by atoms with E-state index >= 15 is 0 Å². The van der Waals surface area contributed by atoms with Gasteiger partial charge < -0.3 is 9.88 Å². The van der Waals surface area contributed by atoms with Gasteiger partial charge in [0.1, 0.15) is 5.69 Å². The van der Waals surface area contributed by atoms with Crippen LogP contribution < -0.4 is 0 Å². The van der Waals surface area contributed by atoms with Gasteiger partial charge in [0.15, 0.2) is 0 Å². The number of benzene rings is 2. The van der Waals surface area contributed by atoms with E-state index in [0.717, 1.165) is 41.0 Å². The average molecular weight is 414 g/mol. The van der Waals surface area contributed by atoms with E-state index in [2.05, 4.69) is 22.9 Å². The van der Waals surface area contributed by atoms with Gasteiger partial charge in [0.25, 0.3) is 5.91 Å². The predicted molar refractivity (Wildman–Crippen MR) is 113 cm³/mol. The molecule has 0 saturated carbocycles. The zero-order valence-electron chi connectivity index (χ0n) is 15.5. The molecule has 3 atom stereocenters. The molecule has 1 amide bonds. The van der Waals surface area contributed by atoms with Gasteiger partial charge in [0, 0.05) is 52.2 Å². The fraction of sp³-hybridized carbons (Fsp3) is 0.318. The van der Waals surface area contributed by atoms with Gasteiger partial charge in [-0.3, -0.25) is 9.69 Å². The Balaban J connectivity index is 1.34. The number of fused-ring (bicyclic) bond motifs is 3. The molecule has 3 heterocycles. The largest absolute Gasteiger partial charge is 0.351 e. The molecule has 2 aliphatic rings. The Morgan fingerprint density at radius 2 is 1.93 bits per heavy atom. The molecule has 2 aromatic carbocycles. The second kappa shape index (κ2) is 6.80. The summed E-state index contributed by atoms with van der Waals surface area (Å²) in [5, 5.41) is 2.45. The third-order valence-corrected chi connectivity index (χ3v) is 6.79. The minimum Gasteiger partial charge on any atom is -0.351 e. The van der Waals surface area contributed by atoms with Crippen molar-refractivity contribution in [2.45, 2.75) is 31.5 Å². The highest BCUT2D eigenvalue weighted by atomic mass is 35.5. The lowest BCUT2D eigenvalue weighted by atomic mass is 10.1. The van der Waals surface area contributed by atoms with Gasteiger partial charge in [0.05, 0.1) is 0 Å². The highest BCUT2D eigenvalue weighted by molar-refractivity contribution is 6.31. The first-order valence-corrected chi connectivity index (χ1v) is 10.4. The third kappa shape index (κ3) is 2.91. The molecule has 1 N–H and O–H groups in total. The second-order valence-electron chi connectivity index (χ2n) is 7.81. The molecule has 0 aliphatic carbocycles. The summed E-state index contributed by atoms with van der Waals surface area (Å²) in [6, 6.07) is 16.4. The monoisotopic (exact) mass is 413 g/mol. The molecule has 3 aromatic rings. The Morgan fingerprint density at radius 1 is 1.11 bits per heavy atom. The van der Waals surface area contributed by atoms with Crippen LogP contribution in [0.4, 0.5) is 0 Å². The van der Waals surface area contributed by atoms with Gasteiger partial charge in [-0.25, -0.2) is 0 Å². The number of nitrogens with zero attached hydrogens (tertiary/aromatic N) is 2. The first kappa shape index (κ1) is 18.0. The van der Waals surface area contributed by atoms with E-state index in [0.29, 0.717) is 16.8 Å². The number of halogens is 2. The molecule has 3 unspecified atom stereocenters. The normalized spacial score (nSPS) is 22.9. The van der Waals surface area contributed by atoms with Crippen LogP contribution in [0.3, 0.4) is 0 Å². The number of carbonyl (C=O) groups excluding carboxylic acids is 1. The summed E-state index contributed by atoms with van der Waals surface area (Å²) in [6.07, 6.45) is 1.02. The number of nitrogens with one attached hydrogen (secondary N) is 1. The van der Waals surface area contributed by atoms with Crippen molar-refractivity contribution in [1.82, 2.24) is 14.8 Å². The van der Waals surface area contributed by atoms with Crippen LogP contribution in [0, 0.1) is 0 Å². The second-order valence-corrected chi connectivity index (χ2v) is 8.65. The van der Waals surface area contributed by atoms with E-state index in [1.165, 1.54) is 0 Å². The van der Waals surface area contributed by atoms with Crippen LogP contribution in [-0.2, 0) is 0 Å². The first-order chi connectivity index (χ1) is 13.5. The molecule has 2 aliphatic heterocycles. The van der Waals surface area contributed by atoms with Gasteiger partial charge in [-0.15, -0.1) is 0 Å². The van der Waals surface area contributed by atoms with E-state index in [9.17, 15) is 4.79 Å². The van der Waals surface area contributed by atoms with Crippen LogP contribution in [0.1, 0.15) is 35.4 Å². The summed E-state index contributed by atoms with van der Waals surface area (Å²) in [7, 11) is 0. The summed E-state index contributed by atoms with van der Waals surface area (Å²) in [6.45, 7) is 3.85. The molecule has 0 radical (unpaired) electrons. The zero-order valence-corrected chi connectivity index (χ0v) is 17.0. The predicted octanol–water partition coefficient (Wildman–Crippen LogP) is 5.13. The fourth-order valence-corrected chi connectivity index (χ4v) is 5.26. The van der Waals surface area contributed by atoms with E-state index in [1.54, 1.807) is 0 Å². The van der Waals surface area contributed by atoms with Gasteiger partial charge >= 0.3 is 0 Å². The third-order valence-electron chi connectivity index (χ3n) is 6.21. The van der Waals surface area contributed by atoms with Crippen LogP contribution in [0.5, 0.6) is 0 Å². The van der Waals surface area contributed by atoms with Crippen molar-refractivity contribution in [1.29, 1.82) is 0 Å². The number of likely N-dealkylation sites (tertiary alicyclic amines) is 2. The number of amides is 1. The molecule has 2 fully saturated rings. The Labute approximate surface area is 174 Å². The van der Waals surface area contributed by atoms with Crippen molar-refractivity contribution in [2.24, 2.45) is 0 Å². The zero-order chi connectivity index (χ0) is 19.4. The van der Waals surface area contributed by atoms with Crippen molar-refractivity contribution >= 4 is 40.0 Å². The molecule has 144 valence electrons. The molecule has 2 saturated heterocycles. The lowest BCUT2D eigenvalue weighted by Crippen LogP contribution is -2.49. The van der Waals surface area contributed by atoms with E-state index in [4.69, 9.17) is 23.2 Å². The number of hydrogen-bond acceptors (Lipinski definition) is 2. The standard InChI is InChI=1S/C22H21Cl2N3O/c1-13(18-4-2-3-5-19(18)24)26-11-17-10-16(26)12-27(17)22(28)21-9-14-8-15(23)6-7-20(14)25-21/h2-9,13,16-17,25H,10-12H2,1H3. The number of H-pyrrole nitrogens is 1. The quantitative estimate of drug-likeness (QED) is 0.645. The molecular formula is C22H21Cl2N3O. The Kier molecular flexibility index (Phi) is 4.38. The summed E-state index contributed by atoms with van der Waals surface area (Å²) in [4.78, 5) is 20.9. The maximum absolute atomic E-state index is 13.1. The van der Waals surface area contributed by atoms with E-state index < -0.39 is 0 Å². The van der Waals surface area contributed by atoms with Crippen molar-refractivity contribution in [3.63, 3.8) is 0 Å². The van der Waals surface area contributed by atoms with Crippen LogP contribution in [-0.4, -0.2) is 45.9 Å². The minimum absolute atomic E-state index is 0.0740. The summed E-state index contributed by atoms with van der Waals surface area (Å²) in [5.74, 6) is 0.0740. The Hall–Kier alpha value is -2.01. The molecule has 2 bridgehead atoms. The van der Waals surface area contributed by atoms with Crippen molar-refractivity contribution in [3.05, 3.63) is 69.8 Å². The van der Waals surface area contributed by atoms with Gasteiger partial charge in [-0.1, -0.05) is 41.4 Å². The van der Waals surface area contributed by atoms with Crippen LogP contribution in [0.2, 0.25) is 10.0 Å². The SMILES string of the molecule is CC(c1ccccc1Cl)N1CC2CC1CN2C(=O)c1cc2cc(Cl)ccc2[nH]1. The van der Waals surface area contributed by atoms with Crippen molar-refractivity contribution in [3.8, 4) is 0 Å². The minimum atomic E-state index is 0.0740. The van der Waals surface area contributed by atoms with Gasteiger partial charge in [-0.2, -0.15) is 0 Å². The molecular weight excluding hydrogens is 393 g/mol. The maximum Gasteiger partial charge on any atom is 0.270 e. The Bertz CT molecular complexity index is 1060. The Morgan fingerprint density at radius 3 is 2.68 bits per heavy atom. The molecule has 4 nitrogen and oxygen atoms in total. The lowest BCUT2D eigenvalue weighted by molar-refractivity contribution is 0.0565.